The van der Waals surface area contributed by atoms with E-state index in [2.05, 4.69) is 11.3 Å². The van der Waals surface area contributed by atoms with E-state index < -0.39 is 21.8 Å². The third-order valence-corrected chi connectivity index (χ3v) is 5.04. The second kappa shape index (κ2) is 3.28. The molecule has 3 unspecified atom stereocenters. The first-order chi connectivity index (χ1) is 6.90. The van der Waals surface area contributed by atoms with Crippen molar-refractivity contribution in [3.8, 4) is 0 Å². The minimum Gasteiger partial charge on any atom is -0.376 e. The quantitative estimate of drug-likeness (QED) is 0.431. The molecular formula is C9H16N2O3S. The number of nitrogens with one attached hydrogen (secondary N) is 1. The third-order valence-electron chi connectivity index (χ3n) is 3.14. The normalized spacial score (nSPS) is 37.3. The van der Waals surface area contributed by atoms with Gasteiger partial charge >= 0.3 is 0 Å². The van der Waals surface area contributed by atoms with E-state index in [1.54, 1.807) is 6.08 Å². The summed E-state index contributed by atoms with van der Waals surface area (Å²) in [7, 11) is -3.38. The highest BCUT2D eigenvalue weighted by atomic mass is 32.2. The molecule has 6 heteroatoms. The molecule has 0 amide bonds. The maximum absolute atomic E-state index is 11.5. The van der Waals surface area contributed by atoms with Crippen LogP contribution in [0.25, 0.3) is 0 Å². The number of aliphatic hydroxyl groups is 1. The molecule has 0 aromatic carbocycles. The summed E-state index contributed by atoms with van der Waals surface area (Å²) in [5.74, 6) is -0.00518. The zero-order chi connectivity index (χ0) is 11.3. The van der Waals surface area contributed by atoms with Gasteiger partial charge in [0.15, 0.2) is 0 Å². The molecule has 2 rings (SSSR count). The smallest absolute Gasteiger partial charge is 0.216 e. The van der Waals surface area contributed by atoms with Crippen molar-refractivity contribution in [2.24, 2.45) is 11.7 Å². The van der Waals surface area contributed by atoms with Gasteiger partial charge in [0.05, 0.1) is 10.8 Å². The van der Waals surface area contributed by atoms with Gasteiger partial charge in [-0.1, -0.05) is 6.08 Å². The fourth-order valence-electron chi connectivity index (χ4n) is 1.68. The van der Waals surface area contributed by atoms with Crippen molar-refractivity contribution in [2.45, 2.75) is 36.3 Å². The first-order valence-electron chi connectivity index (χ1n) is 5.01. The molecule has 2 fully saturated rings. The number of sulfonamides is 1. The van der Waals surface area contributed by atoms with E-state index in [4.69, 9.17) is 5.73 Å². The molecule has 0 aromatic heterocycles. The molecule has 0 saturated heterocycles. The molecule has 0 heterocycles. The lowest BCUT2D eigenvalue weighted by Gasteiger charge is -2.20. The van der Waals surface area contributed by atoms with Crippen LogP contribution in [0.1, 0.15) is 19.3 Å². The van der Waals surface area contributed by atoms with Crippen molar-refractivity contribution in [1.82, 2.24) is 4.72 Å². The van der Waals surface area contributed by atoms with E-state index in [-0.39, 0.29) is 11.2 Å². The highest BCUT2D eigenvalue weighted by molar-refractivity contribution is 7.90. The summed E-state index contributed by atoms with van der Waals surface area (Å²) in [6, 6.07) is 0. The van der Waals surface area contributed by atoms with E-state index in [1.165, 1.54) is 0 Å². The molecule has 0 bridgehead atoms. The molecule has 0 spiro atoms. The van der Waals surface area contributed by atoms with Gasteiger partial charge in [-0.05, 0) is 19.3 Å². The van der Waals surface area contributed by atoms with Crippen LogP contribution < -0.4 is 10.5 Å². The van der Waals surface area contributed by atoms with Crippen LogP contribution in [0.4, 0.5) is 0 Å². The monoisotopic (exact) mass is 232 g/mol. The standard InChI is InChI=1S/C9H16N2O3S/c1-2-6-5-9(6,10)8(12)11-15(13,14)7-3-4-7/h2,6-8,11-12H,1,3-5,10H2. The molecule has 3 atom stereocenters. The van der Waals surface area contributed by atoms with Crippen LogP contribution in [0.15, 0.2) is 12.7 Å². The number of hydrogen-bond acceptors (Lipinski definition) is 4. The van der Waals surface area contributed by atoms with Crippen LogP contribution in [-0.2, 0) is 10.0 Å². The lowest BCUT2D eigenvalue weighted by molar-refractivity contribution is 0.119. The van der Waals surface area contributed by atoms with E-state index in [9.17, 15) is 13.5 Å². The fourth-order valence-corrected chi connectivity index (χ4v) is 3.16. The van der Waals surface area contributed by atoms with Gasteiger partial charge in [-0.3, -0.25) is 0 Å². The van der Waals surface area contributed by atoms with Gasteiger partial charge in [-0.15, -0.1) is 6.58 Å². The van der Waals surface area contributed by atoms with Crippen molar-refractivity contribution in [3.63, 3.8) is 0 Å². The Morgan fingerprint density at radius 1 is 1.60 bits per heavy atom. The van der Waals surface area contributed by atoms with E-state index in [1.807, 2.05) is 0 Å². The Morgan fingerprint density at radius 2 is 2.20 bits per heavy atom. The minimum absolute atomic E-state index is 0.00518. The van der Waals surface area contributed by atoms with Crippen LogP contribution in [0, 0.1) is 5.92 Å². The Kier molecular flexibility index (Phi) is 2.42. The van der Waals surface area contributed by atoms with Crippen molar-refractivity contribution in [2.75, 3.05) is 0 Å². The Balaban J connectivity index is 1.98. The van der Waals surface area contributed by atoms with Gasteiger partial charge in [-0.25, -0.2) is 8.42 Å². The van der Waals surface area contributed by atoms with Gasteiger partial charge in [0.25, 0.3) is 0 Å². The summed E-state index contributed by atoms with van der Waals surface area (Å²) in [5.41, 5.74) is 4.97. The van der Waals surface area contributed by atoms with Crippen LogP contribution in [0.3, 0.4) is 0 Å². The molecule has 0 radical (unpaired) electrons. The van der Waals surface area contributed by atoms with Gasteiger partial charge < -0.3 is 10.8 Å². The number of hydrogen-bond donors (Lipinski definition) is 3. The molecule has 2 aliphatic rings. The summed E-state index contributed by atoms with van der Waals surface area (Å²) in [4.78, 5) is 0. The van der Waals surface area contributed by atoms with Crippen molar-refractivity contribution >= 4 is 10.0 Å². The lowest BCUT2D eigenvalue weighted by atomic mass is 10.2. The molecule has 5 nitrogen and oxygen atoms in total. The van der Waals surface area contributed by atoms with Crippen LogP contribution >= 0.6 is 0 Å². The average molecular weight is 232 g/mol. The second-order valence-corrected chi connectivity index (χ2v) is 6.42. The van der Waals surface area contributed by atoms with Crippen molar-refractivity contribution in [3.05, 3.63) is 12.7 Å². The summed E-state index contributed by atoms with van der Waals surface area (Å²) in [6.45, 7) is 3.58. The summed E-state index contributed by atoms with van der Waals surface area (Å²) >= 11 is 0. The van der Waals surface area contributed by atoms with Crippen molar-refractivity contribution < 1.29 is 13.5 Å². The number of nitrogens with two attached hydrogens (primary N) is 1. The average Bonchev–Trinajstić information content (AvgIpc) is 2.97. The highest BCUT2D eigenvalue weighted by Gasteiger charge is 2.56. The second-order valence-electron chi connectivity index (χ2n) is 4.42. The summed E-state index contributed by atoms with van der Waals surface area (Å²) < 4.78 is 25.3. The Labute approximate surface area is 89.4 Å². The van der Waals surface area contributed by atoms with Crippen LogP contribution in [0.5, 0.6) is 0 Å². The van der Waals surface area contributed by atoms with Crippen molar-refractivity contribution in [1.29, 1.82) is 0 Å². The maximum Gasteiger partial charge on any atom is 0.216 e. The zero-order valence-electron chi connectivity index (χ0n) is 8.39. The van der Waals surface area contributed by atoms with Gasteiger partial charge in [0, 0.05) is 5.92 Å². The first kappa shape index (κ1) is 11.1. The SMILES string of the molecule is C=CC1CC1(N)C(O)NS(=O)(=O)C1CC1. The Hall–Kier alpha value is -0.430. The maximum atomic E-state index is 11.5. The zero-order valence-corrected chi connectivity index (χ0v) is 9.20. The Bertz CT molecular complexity index is 377. The first-order valence-corrected chi connectivity index (χ1v) is 6.55. The third kappa shape index (κ3) is 1.94. The molecular weight excluding hydrogens is 216 g/mol. The van der Waals surface area contributed by atoms with Gasteiger partial charge in [0.2, 0.25) is 10.0 Å². The topological polar surface area (TPSA) is 92.4 Å². The van der Waals surface area contributed by atoms with E-state index in [0.717, 1.165) is 0 Å². The molecule has 2 aliphatic carbocycles. The van der Waals surface area contributed by atoms with Gasteiger partial charge in [0.1, 0.15) is 6.23 Å². The fraction of sp³-hybridized carbons (Fsp3) is 0.778. The minimum atomic E-state index is -3.38. The molecule has 15 heavy (non-hydrogen) atoms. The van der Waals surface area contributed by atoms with Crippen LogP contribution in [0.2, 0.25) is 0 Å². The molecule has 0 aromatic rings. The highest BCUT2D eigenvalue weighted by Crippen LogP contribution is 2.44. The van der Waals surface area contributed by atoms with Gasteiger partial charge in [-0.2, -0.15) is 4.72 Å². The number of aliphatic hydroxyl groups excluding tert-OH is 1. The number of rotatable bonds is 5. The molecule has 0 aliphatic heterocycles. The lowest BCUT2D eigenvalue weighted by Crippen LogP contribution is -2.51. The van der Waals surface area contributed by atoms with E-state index in [0.29, 0.717) is 19.3 Å². The Morgan fingerprint density at radius 3 is 2.60 bits per heavy atom. The van der Waals surface area contributed by atoms with Crippen LogP contribution in [-0.4, -0.2) is 30.5 Å². The molecule has 4 N–H and O–H groups in total. The molecule has 2 saturated carbocycles. The largest absolute Gasteiger partial charge is 0.376 e. The summed E-state index contributed by atoms with van der Waals surface area (Å²) in [5, 5.41) is 9.36. The predicted molar refractivity (Wildman–Crippen MR) is 56.3 cm³/mol. The predicted octanol–water partition coefficient (Wildman–Crippen LogP) is -0.710. The summed E-state index contributed by atoms with van der Waals surface area (Å²) in [6.07, 6.45) is 2.36. The van der Waals surface area contributed by atoms with E-state index >= 15 is 0 Å². The molecule has 86 valence electrons.